The van der Waals surface area contributed by atoms with Crippen molar-refractivity contribution in [2.24, 2.45) is 0 Å². The number of rotatable bonds is 5. The van der Waals surface area contributed by atoms with Crippen LogP contribution in [0.25, 0.3) is 0 Å². The van der Waals surface area contributed by atoms with Crippen molar-refractivity contribution in [3.05, 3.63) is 29.8 Å². The molecule has 0 saturated carbocycles. The fraction of sp³-hybridized carbons (Fsp3) is 0.417. The zero-order valence-electron chi connectivity index (χ0n) is 9.25. The maximum atomic E-state index is 11.3. The van der Waals surface area contributed by atoms with E-state index < -0.39 is 0 Å². The van der Waals surface area contributed by atoms with Gasteiger partial charge in [-0.2, -0.15) is 0 Å². The first kappa shape index (κ1) is 11.7. The Labute approximate surface area is 90.4 Å². The van der Waals surface area contributed by atoms with Crippen molar-refractivity contribution < 1.29 is 9.53 Å². The van der Waals surface area contributed by atoms with E-state index in [-0.39, 0.29) is 5.91 Å². The number of carbonyl (C=O) groups is 1. The number of amides is 1. The Morgan fingerprint density at radius 3 is 2.73 bits per heavy atom. The van der Waals surface area contributed by atoms with Crippen molar-refractivity contribution in [3.8, 4) is 0 Å². The van der Waals surface area contributed by atoms with Gasteiger partial charge in [0, 0.05) is 24.3 Å². The summed E-state index contributed by atoms with van der Waals surface area (Å²) in [6.45, 7) is 5.00. The van der Waals surface area contributed by atoms with Crippen LogP contribution < -0.4 is 5.32 Å². The Kier molecular flexibility index (Phi) is 4.84. The summed E-state index contributed by atoms with van der Waals surface area (Å²) in [6.07, 6.45) is 0.489. The molecular formula is C12H17NO2. The van der Waals surface area contributed by atoms with Crippen LogP contribution in [0.2, 0.25) is 0 Å². The van der Waals surface area contributed by atoms with Crippen LogP contribution in [0.5, 0.6) is 0 Å². The molecule has 0 saturated heterocycles. The van der Waals surface area contributed by atoms with Crippen LogP contribution in [0.1, 0.15) is 25.8 Å². The summed E-state index contributed by atoms with van der Waals surface area (Å²) in [5, 5.41) is 2.85. The van der Waals surface area contributed by atoms with E-state index in [0.717, 1.165) is 11.3 Å². The molecule has 3 heteroatoms. The van der Waals surface area contributed by atoms with E-state index in [4.69, 9.17) is 4.74 Å². The first-order chi connectivity index (χ1) is 7.27. The van der Waals surface area contributed by atoms with E-state index in [2.05, 4.69) is 5.32 Å². The molecule has 1 amide bonds. The van der Waals surface area contributed by atoms with Gasteiger partial charge in [0.15, 0.2) is 0 Å². The highest BCUT2D eigenvalue weighted by Crippen LogP contribution is 2.16. The third-order valence-electron chi connectivity index (χ3n) is 2.07. The Morgan fingerprint density at radius 2 is 2.07 bits per heavy atom. The maximum absolute atomic E-state index is 11.3. The minimum Gasteiger partial charge on any atom is -0.377 e. The van der Waals surface area contributed by atoms with Crippen molar-refractivity contribution in [3.63, 3.8) is 0 Å². The van der Waals surface area contributed by atoms with Crippen LogP contribution in [-0.2, 0) is 16.1 Å². The predicted octanol–water partition coefficient (Wildman–Crippen LogP) is 2.57. The summed E-state index contributed by atoms with van der Waals surface area (Å²) in [5.74, 6) is 0.0268. The lowest BCUT2D eigenvalue weighted by Gasteiger charge is -2.10. The number of nitrogens with one attached hydrogen (secondary N) is 1. The molecule has 0 radical (unpaired) electrons. The predicted molar refractivity (Wildman–Crippen MR) is 60.7 cm³/mol. The standard InChI is InChI=1S/C12H17NO2/c1-3-12(14)13-11-8-6-5-7-10(11)9-15-4-2/h5-8H,3-4,9H2,1-2H3,(H,13,14). The molecule has 0 aromatic heterocycles. The van der Waals surface area contributed by atoms with Gasteiger partial charge in [-0.3, -0.25) is 4.79 Å². The van der Waals surface area contributed by atoms with E-state index in [9.17, 15) is 4.79 Å². The molecule has 0 heterocycles. The fourth-order valence-electron chi connectivity index (χ4n) is 1.22. The van der Waals surface area contributed by atoms with Crippen LogP contribution >= 0.6 is 0 Å². The van der Waals surface area contributed by atoms with Crippen LogP contribution in [0.15, 0.2) is 24.3 Å². The normalized spacial score (nSPS) is 10.0. The molecule has 82 valence electrons. The number of para-hydroxylation sites is 1. The molecule has 0 aliphatic carbocycles. The molecule has 0 spiro atoms. The second-order valence-electron chi connectivity index (χ2n) is 3.20. The summed E-state index contributed by atoms with van der Waals surface area (Å²) < 4.78 is 5.32. The van der Waals surface area contributed by atoms with Gasteiger partial charge >= 0.3 is 0 Å². The van der Waals surface area contributed by atoms with Gasteiger partial charge in [0.05, 0.1) is 6.61 Å². The molecule has 3 nitrogen and oxygen atoms in total. The number of hydrogen-bond acceptors (Lipinski definition) is 2. The molecule has 0 atom stereocenters. The zero-order valence-corrected chi connectivity index (χ0v) is 9.25. The Balaban J connectivity index is 2.72. The number of anilines is 1. The summed E-state index contributed by atoms with van der Waals surface area (Å²) >= 11 is 0. The molecule has 1 aromatic carbocycles. The fourth-order valence-corrected chi connectivity index (χ4v) is 1.22. The van der Waals surface area contributed by atoms with Gasteiger partial charge in [-0.25, -0.2) is 0 Å². The second kappa shape index (κ2) is 6.19. The average Bonchev–Trinajstić information content (AvgIpc) is 2.28. The topological polar surface area (TPSA) is 38.3 Å². The first-order valence-corrected chi connectivity index (χ1v) is 5.23. The largest absolute Gasteiger partial charge is 0.377 e. The second-order valence-corrected chi connectivity index (χ2v) is 3.20. The molecule has 0 unspecified atom stereocenters. The van der Waals surface area contributed by atoms with Crippen molar-refractivity contribution in [1.82, 2.24) is 0 Å². The van der Waals surface area contributed by atoms with E-state index in [0.29, 0.717) is 19.6 Å². The molecular weight excluding hydrogens is 190 g/mol. The van der Waals surface area contributed by atoms with Crippen LogP contribution in [0, 0.1) is 0 Å². The zero-order chi connectivity index (χ0) is 11.1. The summed E-state index contributed by atoms with van der Waals surface area (Å²) in [6, 6.07) is 7.69. The number of hydrogen-bond donors (Lipinski definition) is 1. The van der Waals surface area contributed by atoms with Gasteiger partial charge < -0.3 is 10.1 Å². The third kappa shape index (κ3) is 3.72. The number of ether oxygens (including phenoxy) is 1. The third-order valence-corrected chi connectivity index (χ3v) is 2.07. The molecule has 0 aliphatic heterocycles. The van der Waals surface area contributed by atoms with Crippen molar-refractivity contribution in [2.45, 2.75) is 26.9 Å². The average molecular weight is 207 g/mol. The lowest BCUT2D eigenvalue weighted by atomic mass is 10.2. The molecule has 0 bridgehead atoms. The minimum atomic E-state index is 0.0268. The molecule has 15 heavy (non-hydrogen) atoms. The molecule has 1 N–H and O–H groups in total. The van der Waals surface area contributed by atoms with Crippen molar-refractivity contribution >= 4 is 11.6 Å². The highest BCUT2D eigenvalue weighted by atomic mass is 16.5. The lowest BCUT2D eigenvalue weighted by Crippen LogP contribution is -2.11. The van der Waals surface area contributed by atoms with Crippen molar-refractivity contribution in [2.75, 3.05) is 11.9 Å². The highest BCUT2D eigenvalue weighted by Gasteiger charge is 2.04. The number of carbonyl (C=O) groups excluding carboxylic acids is 1. The Morgan fingerprint density at radius 1 is 1.33 bits per heavy atom. The van der Waals surface area contributed by atoms with Gasteiger partial charge in [-0.15, -0.1) is 0 Å². The maximum Gasteiger partial charge on any atom is 0.224 e. The lowest BCUT2D eigenvalue weighted by molar-refractivity contribution is -0.115. The Hall–Kier alpha value is -1.35. The highest BCUT2D eigenvalue weighted by molar-refractivity contribution is 5.91. The van der Waals surface area contributed by atoms with E-state index in [1.807, 2.05) is 38.1 Å². The summed E-state index contributed by atoms with van der Waals surface area (Å²) in [4.78, 5) is 11.3. The number of benzene rings is 1. The minimum absolute atomic E-state index is 0.0268. The van der Waals surface area contributed by atoms with E-state index in [1.165, 1.54) is 0 Å². The van der Waals surface area contributed by atoms with Gasteiger partial charge in [-0.05, 0) is 13.0 Å². The summed E-state index contributed by atoms with van der Waals surface area (Å²) in [5.41, 5.74) is 1.86. The van der Waals surface area contributed by atoms with Crippen LogP contribution in [0.3, 0.4) is 0 Å². The molecule has 1 aromatic rings. The van der Waals surface area contributed by atoms with Gasteiger partial charge in [0.25, 0.3) is 0 Å². The SMILES string of the molecule is CCOCc1ccccc1NC(=O)CC. The smallest absolute Gasteiger partial charge is 0.224 e. The van der Waals surface area contributed by atoms with E-state index in [1.54, 1.807) is 0 Å². The molecule has 1 rings (SSSR count). The molecule has 0 aliphatic rings. The molecule has 0 fully saturated rings. The van der Waals surface area contributed by atoms with Gasteiger partial charge in [0.2, 0.25) is 5.91 Å². The monoisotopic (exact) mass is 207 g/mol. The first-order valence-electron chi connectivity index (χ1n) is 5.23. The van der Waals surface area contributed by atoms with Crippen LogP contribution in [-0.4, -0.2) is 12.5 Å². The summed E-state index contributed by atoms with van der Waals surface area (Å²) in [7, 11) is 0. The Bertz CT molecular complexity index is 323. The van der Waals surface area contributed by atoms with Crippen LogP contribution in [0.4, 0.5) is 5.69 Å². The quantitative estimate of drug-likeness (QED) is 0.805. The van der Waals surface area contributed by atoms with Gasteiger partial charge in [0.1, 0.15) is 0 Å². The van der Waals surface area contributed by atoms with E-state index >= 15 is 0 Å². The van der Waals surface area contributed by atoms with Gasteiger partial charge in [-0.1, -0.05) is 25.1 Å². The van der Waals surface area contributed by atoms with Crippen molar-refractivity contribution in [1.29, 1.82) is 0 Å².